The van der Waals surface area contributed by atoms with Gasteiger partial charge in [0.15, 0.2) is 5.82 Å². The molecule has 2 heterocycles. The highest BCUT2D eigenvalue weighted by Gasteiger charge is 2.39. The summed E-state index contributed by atoms with van der Waals surface area (Å²) < 4.78 is 110. The Morgan fingerprint density at radius 1 is 0.969 bits per heavy atom. The molecule has 2 aromatic rings. The number of sulfonamides is 1. The summed E-state index contributed by atoms with van der Waals surface area (Å²) in [6, 6.07) is 0.351. The lowest BCUT2D eigenvalue weighted by Gasteiger charge is -2.33. The van der Waals surface area contributed by atoms with Crippen LogP contribution in [0.1, 0.15) is 36.2 Å². The van der Waals surface area contributed by atoms with Gasteiger partial charge in [0.2, 0.25) is 15.9 Å². The summed E-state index contributed by atoms with van der Waals surface area (Å²) in [4.78, 5) is 4.97. The van der Waals surface area contributed by atoms with Crippen LogP contribution in [0.3, 0.4) is 0 Å². The van der Waals surface area contributed by atoms with Gasteiger partial charge in [-0.15, -0.1) is 0 Å². The molecule has 0 unspecified atom stereocenters. The minimum atomic E-state index is -5.13. The Kier molecular flexibility index (Phi) is 6.86. The number of piperazine rings is 1. The lowest BCUT2D eigenvalue weighted by atomic mass is 10.1. The summed E-state index contributed by atoms with van der Waals surface area (Å²) in [5.41, 5.74) is -3.35. The molecule has 3 rings (SSSR count). The molecule has 178 valence electrons. The minimum absolute atomic E-state index is 0.103. The van der Waals surface area contributed by atoms with Crippen molar-refractivity contribution in [3.63, 3.8) is 0 Å². The van der Waals surface area contributed by atoms with Crippen molar-refractivity contribution in [3.05, 3.63) is 41.0 Å². The lowest BCUT2D eigenvalue weighted by molar-refractivity contribution is -0.143. The zero-order valence-electron chi connectivity index (χ0n) is 16.9. The maximum Gasteiger partial charge on any atom is 0.416 e. The van der Waals surface area contributed by atoms with Crippen LogP contribution in [-0.4, -0.2) is 53.9 Å². The molecule has 14 heteroatoms. The molecule has 0 bridgehead atoms. The van der Waals surface area contributed by atoms with Crippen LogP contribution in [0.2, 0.25) is 0 Å². The monoisotopic (exact) mass is 486 g/mol. The maximum absolute atomic E-state index is 13.1. The molecule has 0 saturated carbocycles. The summed E-state index contributed by atoms with van der Waals surface area (Å²) in [5.74, 6) is 0.895. The van der Waals surface area contributed by atoms with Crippen molar-refractivity contribution in [3.8, 4) is 0 Å². The molecule has 7 nitrogen and oxygen atoms in total. The second kappa shape index (κ2) is 8.98. The van der Waals surface area contributed by atoms with E-state index in [0.717, 1.165) is 10.7 Å². The zero-order valence-corrected chi connectivity index (χ0v) is 17.7. The van der Waals surface area contributed by atoms with Gasteiger partial charge >= 0.3 is 12.4 Å². The van der Waals surface area contributed by atoms with E-state index >= 15 is 0 Å². The number of nitrogens with zero attached hydrogens (tertiary/aromatic N) is 4. The van der Waals surface area contributed by atoms with Crippen LogP contribution in [0, 0.1) is 0 Å². The van der Waals surface area contributed by atoms with Crippen LogP contribution in [-0.2, 0) is 35.3 Å². The van der Waals surface area contributed by atoms with Gasteiger partial charge in [0.05, 0.1) is 22.6 Å². The van der Waals surface area contributed by atoms with Crippen molar-refractivity contribution in [2.75, 3.05) is 26.2 Å². The van der Waals surface area contributed by atoms with Gasteiger partial charge < -0.3 is 4.52 Å². The fraction of sp³-hybridized carbons (Fsp3) is 0.556. The number of alkyl halides is 6. The normalized spacial score (nSPS) is 17.1. The van der Waals surface area contributed by atoms with E-state index in [1.165, 1.54) is 0 Å². The van der Waals surface area contributed by atoms with Crippen LogP contribution in [0.4, 0.5) is 26.3 Å². The van der Waals surface area contributed by atoms with Gasteiger partial charge in [-0.25, -0.2) is 8.42 Å². The zero-order chi connectivity index (χ0) is 23.7. The standard InChI is InChI=1S/C18H20F6N4O3S/c1-2-3-15-25-16(31-26-15)11-27-4-6-28(7-5-27)32(29,30)14-9-12(17(19,20)21)8-13(10-14)18(22,23)24/h8-10H,2-7,11H2,1H3. The molecular formula is C18H20F6N4O3S. The molecule has 1 aromatic heterocycles. The van der Waals surface area contributed by atoms with Crippen molar-refractivity contribution < 1.29 is 39.3 Å². The van der Waals surface area contributed by atoms with Crippen molar-refractivity contribution in [2.24, 2.45) is 0 Å². The summed E-state index contributed by atoms with van der Waals surface area (Å²) in [7, 11) is -4.57. The van der Waals surface area contributed by atoms with Crippen molar-refractivity contribution in [1.82, 2.24) is 19.3 Å². The van der Waals surface area contributed by atoms with Crippen LogP contribution < -0.4 is 0 Å². The average Bonchev–Trinajstić information content (AvgIpc) is 3.14. The molecule has 1 aromatic carbocycles. The van der Waals surface area contributed by atoms with E-state index in [-0.39, 0.29) is 50.9 Å². The van der Waals surface area contributed by atoms with Gasteiger partial charge in [-0.05, 0) is 24.6 Å². The van der Waals surface area contributed by atoms with E-state index in [2.05, 4.69) is 10.1 Å². The topological polar surface area (TPSA) is 79.5 Å². The number of hydrogen-bond acceptors (Lipinski definition) is 6. The Morgan fingerprint density at radius 3 is 2.03 bits per heavy atom. The Hall–Kier alpha value is -2.19. The SMILES string of the molecule is CCCc1noc(CN2CCN(S(=O)(=O)c3cc(C(F)(F)F)cc(C(F)(F)F)c3)CC2)n1. The predicted octanol–water partition coefficient (Wildman–Crippen LogP) is 3.57. The molecule has 1 saturated heterocycles. The summed E-state index contributed by atoms with van der Waals surface area (Å²) in [5, 5.41) is 3.82. The second-order valence-corrected chi connectivity index (χ2v) is 9.21. The van der Waals surface area contributed by atoms with Gasteiger partial charge in [-0.1, -0.05) is 12.1 Å². The van der Waals surface area contributed by atoms with Crippen molar-refractivity contribution >= 4 is 10.0 Å². The first kappa shape index (κ1) is 24.5. The third-order valence-electron chi connectivity index (χ3n) is 4.87. The summed E-state index contributed by atoms with van der Waals surface area (Å²) >= 11 is 0. The van der Waals surface area contributed by atoms with E-state index in [4.69, 9.17) is 4.52 Å². The molecular weight excluding hydrogens is 466 g/mol. The molecule has 0 radical (unpaired) electrons. The van der Waals surface area contributed by atoms with E-state index in [1.54, 1.807) is 0 Å². The molecule has 0 atom stereocenters. The number of halogens is 6. The van der Waals surface area contributed by atoms with Crippen molar-refractivity contribution in [1.29, 1.82) is 0 Å². The van der Waals surface area contributed by atoms with Crippen LogP contribution >= 0.6 is 0 Å². The molecule has 1 aliphatic rings. The maximum atomic E-state index is 13.1. The molecule has 0 N–H and O–H groups in total. The van der Waals surface area contributed by atoms with Gasteiger partial charge in [-0.3, -0.25) is 4.90 Å². The highest BCUT2D eigenvalue weighted by molar-refractivity contribution is 7.89. The number of rotatable bonds is 6. The first-order valence-electron chi connectivity index (χ1n) is 9.64. The lowest BCUT2D eigenvalue weighted by Crippen LogP contribution is -2.48. The summed E-state index contributed by atoms with van der Waals surface area (Å²) in [6.07, 6.45) is -8.79. The Balaban J connectivity index is 1.76. The second-order valence-electron chi connectivity index (χ2n) is 7.28. The highest BCUT2D eigenvalue weighted by atomic mass is 32.2. The fourth-order valence-corrected chi connectivity index (χ4v) is 4.72. The van der Waals surface area contributed by atoms with Gasteiger partial charge in [0, 0.05) is 32.6 Å². The van der Waals surface area contributed by atoms with E-state index < -0.39 is 38.4 Å². The summed E-state index contributed by atoms with van der Waals surface area (Å²) in [6.45, 7) is 2.36. The largest absolute Gasteiger partial charge is 0.416 e. The molecule has 0 spiro atoms. The van der Waals surface area contributed by atoms with E-state index in [1.807, 2.05) is 11.8 Å². The van der Waals surface area contributed by atoms with Gasteiger partial charge in [0.1, 0.15) is 0 Å². The van der Waals surface area contributed by atoms with Gasteiger partial charge in [0.25, 0.3) is 0 Å². The third-order valence-corrected chi connectivity index (χ3v) is 6.75. The quantitative estimate of drug-likeness (QED) is 0.581. The van der Waals surface area contributed by atoms with Crippen molar-refractivity contribution in [2.45, 2.75) is 43.6 Å². The van der Waals surface area contributed by atoms with Crippen LogP contribution in [0.25, 0.3) is 0 Å². The predicted molar refractivity (Wildman–Crippen MR) is 98.8 cm³/mol. The smallest absolute Gasteiger partial charge is 0.338 e. The number of benzene rings is 1. The molecule has 0 amide bonds. The average molecular weight is 486 g/mol. The molecule has 32 heavy (non-hydrogen) atoms. The number of hydrogen-bond donors (Lipinski definition) is 0. The first-order chi connectivity index (χ1) is 14.8. The molecule has 1 fully saturated rings. The fourth-order valence-electron chi connectivity index (χ4n) is 3.22. The third kappa shape index (κ3) is 5.59. The van der Waals surface area contributed by atoms with Gasteiger partial charge in [-0.2, -0.15) is 35.6 Å². The van der Waals surface area contributed by atoms with Crippen LogP contribution in [0.15, 0.2) is 27.6 Å². The minimum Gasteiger partial charge on any atom is -0.338 e. The molecule has 1 aliphatic heterocycles. The Bertz CT molecular complexity index is 1010. The Labute approximate surface area is 180 Å². The first-order valence-corrected chi connectivity index (χ1v) is 11.1. The Morgan fingerprint density at radius 2 is 1.53 bits per heavy atom. The number of aromatic nitrogens is 2. The van der Waals surface area contributed by atoms with E-state index in [0.29, 0.717) is 18.1 Å². The van der Waals surface area contributed by atoms with E-state index in [9.17, 15) is 34.8 Å². The molecule has 0 aliphatic carbocycles. The highest BCUT2D eigenvalue weighted by Crippen LogP contribution is 2.37. The van der Waals surface area contributed by atoms with Crippen LogP contribution in [0.5, 0.6) is 0 Å². The number of aryl methyl sites for hydroxylation is 1.